The van der Waals surface area contributed by atoms with Crippen LogP contribution in [0.1, 0.15) is 31.9 Å². The van der Waals surface area contributed by atoms with E-state index in [0.717, 1.165) is 28.6 Å². The van der Waals surface area contributed by atoms with Crippen LogP contribution in [0.2, 0.25) is 0 Å². The smallest absolute Gasteiger partial charge is 0.120 e. The van der Waals surface area contributed by atoms with E-state index in [-0.39, 0.29) is 6.04 Å². The summed E-state index contributed by atoms with van der Waals surface area (Å²) in [7, 11) is 0. The Kier molecular flexibility index (Phi) is 7.13. The summed E-state index contributed by atoms with van der Waals surface area (Å²) in [6.45, 7) is 9.81. The molecule has 1 aromatic carbocycles. The van der Waals surface area contributed by atoms with Crippen LogP contribution in [0, 0.1) is 0 Å². The summed E-state index contributed by atoms with van der Waals surface area (Å²) in [5.41, 5.74) is 1.94. The van der Waals surface area contributed by atoms with E-state index >= 15 is 0 Å². The number of nitrogens with one attached hydrogen (secondary N) is 1. The highest BCUT2D eigenvalue weighted by Crippen LogP contribution is 2.29. The predicted molar refractivity (Wildman–Crippen MR) is 82.5 cm³/mol. The molecule has 106 valence electrons. The monoisotopic (exact) mass is 327 g/mol. The molecule has 1 atom stereocenters. The number of aromatic hydroxyl groups is 1. The van der Waals surface area contributed by atoms with E-state index in [4.69, 9.17) is 4.74 Å². The van der Waals surface area contributed by atoms with Gasteiger partial charge in [0.2, 0.25) is 0 Å². The fourth-order valence-corrected chi connectivity index (χ4v) is 2.21. The normalized spacial score (nSPS) is 12.4. The molecule has 1 rings (SSSR count). The van der Waals surface area contributed by atoms with Crippen molar-refractivity contribution < 1.29 is 9.84 Å². The van der Waals surface area contributed by atoms with Crippen LogP contribution in [0.15, 0.2) is 34.8 Å². The van der Waals surface area contributed by atoms with Gasteiger partial charge < -0.3 is 15.2 Å². The number of phenols is 1. The molecular weight excluding hydrogens is 306 g/mol. The Labute approximate surface area is 123 Å². The van der Waals surface area contributed by atoms with Crippen molar-refractivity contribution in [2.45, 2.75) is 26.3 Å². The Bertz CT molecular complexity index is 421. The number of benzene rings is 1. The molecule has 0 fully saturated rings. The van der Waals surface area contributed by atoms with Crippen LogP contribution in [0.4, 0.5) is 0 Å². The lowest BCUT2D eigenvalue weighted by molar-refractivity contribution is 0.155. The van der Waals surface area contributed by atoms with Crippen molar-refractivity contribution >= 4 is 15.9 Å². The highest BCUT2D eigenvalue weighted by molar-refractivity contribution is 9.10. The lowest BCUT2D eigenvalue weighted by Gasteiger charge is -2.19. The molecule has 1 aromatic rings. The molecule has 0 bridgehead atoms. The predicted octanol–water partition coefficient (Wildman–Crippen LogP) is 3.79. The van der Waals surface area contributed by atoms with Crippen molar-refractivity contribution in [1.82, 2.24) is 5.32 Å². The van der Waals surface area contributed by atoms with Crippen molar-refractivity contribution in [3.05, 3.63) is 40.4 Å². The molecule has 0 saturated heterocycles. The minimum absolute atomic E-state index is 0.130. The first-order chi connectivity index (χ1) is 9.04. The van der Waals surface area contributed by atoms with Crippen LogP contribution in [-0.4, -0.2) is 24.9 Å². The maximum Gasteiger partial charge on any atom is 0.120 e. The van der Waals surface area contributed by atoms with Gasteiger partial charge in [-0.2, -0.15) is 0 Å². The van der Waals surface area contributed by atoms with Gasteiger partial charge in [0.1, 0.15) is 5.75 Å². The zero-order valence-electron chi connectivity index (χ0n) is 11.6. The maximum absolute atomic E-state index is 9.91. The largest absolute Gasteiger partial charge is 0.508 e. The maximum atomic E-state index is 9.91. The molecule has 3 nitrogen and oxygen atoms in total. The van der Waals surface area contributed by atoms with Crippen molar-refractivity contribution in [1.29, 1.82) is 0 Å². The fraction of sp³-hybridized carbons (Fsp3) is 0.467. The molecule has 0 aliphatic rings. The Hall–Kier alpha value is -0.840. The van der Waals surface area contributed by atoms with Crippen LogP contribution < -0.4 is 5.32 Å². The first-order valence-electron chi connectivity index (χ1n) is 6.48. The van der Waals surface area contributed by atoms with Crippen molar-refractivity contribution in [2.24, 2.45) is 0 Å². The topological polar surface area (TPSA) is 41.5 Å². The summed E-state index contributed by atoms with van der Waals surface area (Å²) < 4.78 is 6.42. The second kappa shape index (κ2) is 8.35. The molecule has 0 saturated carbocycles. The van der Waals surface area contributed by atoms with E-state index < -0.39 is 0 Å². The molecule has 0 aliphatic carbocycles. The molecule has 0 spiro atoms. The van der Waals surface area contributed by atoms with Crippen molar-refractivity contribution in [3.63, 3.8) is 0 Å². The third-order valence-corrected chi connectivity index (χ3v) is 3.25. The Morgan fingerprint density at radius 3 is 2.89 bits per heavy atom. The van der Waals surface area contributed by atoms with Crippen molar-refractivity contribution in [3.8, 4) is 5.75 Å². The van der Waals surface area contributed by atoms with Gasteiger partial charge in [0.15, 0.2) is 0 Å². The van der Waals surface area contributed by atoms with Gasteiger partial charge in [0.05, 0.1) is 13.2 Å². The SMILES string of the molecule is C=C(C)COCCNC(CC)c1cc(Br)ccc1O. The summed E-state index contributed by atoms with van der Waals surface area (Å²) in [4.78, 5) is 0. The van der Waals surface area contributed by atoms with Gasteiger partial charge in [-0.25, -0.2) is 0 Å². The number of hydrogen-bond acceptors (Lipinski definition) is 3. The van der Waals surface area contributed by atoms with Crippen LogP contribution in [0.25, 0.3) is 0 Å². The van der Waals surface area contributed by atoms with Gasteiger partial charge in [0, 0.05) is 22.6 Å². The van der Waals surface area contributed by atoms with Gasteiger partial charge in [-0.1, -0.05) is 35.0 Å². The van der Waals surface area contributed by atoms with E-state index in [0.29, 0.717) is 19.0 Å². The van der Waals surface area contributed by atoms with E-state index in [9.17, 15) is 5.11 Å². The van der Waals surface area contributed by atoms with Crippen LogP contribution in [0.5, 0.6) is 5.75 Å². The van der Waals surface area contributed by atoms with Gasteiger partial charge in [-0.15, -0.1) is 0 Å². The van der Waals surface area contributed by atoms with E-state index in [2.05, 4.69) is 34.7 Å². The highest BCUT2D eigenvalue weighted by Gasteiger charge is 2.13. The standard InChI is InChI=1S/C15H22BrNO2/c1-4-14(17-7-8-19-10-11(2)3)13-9-12(16)5-6-15(13)18/h5-6,9,14,17-18H,2,4,7-8,10H2,1,3H3. The molecule has 0 heterocycles. The third kappa shape index (κ3) is 5.76. The van der Waals surface area contributed by atoms with Gasteiger partial charge >= 0.3 is 0 Å². The minimum atomic E-state index is 0.130. The fourth-order valence-electron chi connectivity index (χ4n) is 1.83. The Balaban J connectivity index is 2.49. The van der Waals surface area contributed by atoms with E-state index in [1.54, 1.807) is 6.07 Å². The molecule has 0 amide bonds. The Morgan fingerprint density at radius 2 is 2.26 bits per heavy atom. The molecule has 2 N–H and O–H groups in total. The molecule has 0 radical (unpaired) electrons. The number of ether oxygens (including phenoxy) is 1. The van der Waals surface area contributed by atoms with E-state index in [1.165, 1.54) is 0 Å². The van der Waals surface area contributed by atoms with Crippen molar-refractivity contribution in [2.75, 3.05) is 19.8 Å². The number of halogens is 1. The van der Waals surface area contributed by atoms with Crippen LogP contribution in [-0.2, 0) is 4.74 Å². The average Bonchev–Trinajstić information content (AvgIpc) is 2.37. The molecular formula is C15H22BrNO2. The van der Waals surface area contributed by atoms with Gasteiger partial charge in [-0.05, 0) is 31.5 Å². The summed E-state index contributed by atoms with van der Waals surface area (Å²) in [6.07, 6.45) is 0.907. The highest BCUT2D eigenvalue weighted by atomic mass is 79.9. The summed E-state index contributed by atoms with van der Waals surface area (Å²) in [5, 5.41) is 13.3. The first kappa shape index (κ1) is 16.2. The van der Waals surface area contributed by atoms with Crippen LogP contribution in [0.3, 0.4) is 0 Å². The molecule has 0 aromatic heterocycles. The molecule has 0 aliphatic heterocycles. The van der Waals surface area contributed by atoms with Gasteiger partial charge in [-0.3, -0.25) is 0 Å². The number of phenolic OH excluding ortho intramolecular Hbond substituents is 1. The lowest BCUT2D eigenvalue weighted by atomic mass is 10.0. The molecule has 1 unspecified atom stereocenters. The second-order valence-electron chi connectivity index (χ2n) is 4.63. The second-order valence-corrected chi connectivity index (χ2v) is 5.54. The number of rotatable bonds is 8. The van der Waals surface area contributed by atoms with E-state index in [1.807, 2.05) is 19.1 Å². The first-order valence-corrected chi connectivity index (χ1v) is 7.27. The summed E-state index contributed by atoms with van der Waals surface area (Å²) in [6, 6.07) is 5.62. The zero-order chi connectivity index (χ0) is 14.3. The number of hydrogen-bond donors (Lipinski definition) is 2. The molecule has 4 heteroatoms. The molecule has 19 heavy (non-hydrogen) atoms. The zero-order valence-corrected chi connectivity index (χ0v) is 13.2. The Morgan fingerprint density at radius 1 is 1.53 bits per heavy atom. The van der Waals surface area contributed by atoms with Crippen LogP contribution >= 0.6 is 15.9 Å². The summed E-state index contributed by atoms with van der Waals surface area (Å²) >= 11 is 3.43. The average molecular weight is 328 g/mol. The third-order valence-electron chi connectivity index (χ3n) is 2.76. The summed E-state index contributed by atoms with van der Waals surface area (Å²) in [5.74, 6) is 0.324. The van der Waals surface area contributed by atoms with Gasteiger partial charge in [0.25, 0.3) is 0 Å². The lowest BCUT2D eigenvalue weighted by Crippen LogP contribution is -2.25. The quantitative estimate of drug-likeness (QED) is 0.563. The minimum Gasteiger partial charge on any atom is -0.508 e.